The number of halogens is 1. The Hall–Kier alpha value is -1.22. The van der Waals surface area contributed by atoms with Gasteiger partial charge in [-0.05, 0) is 24.8 Å². The zero-order chi connectivity index (χ0) is 15.6. The number of nitro benzene ring substituents is 1. The van der Waals surface area contributed by atoms with Gasteiger partial charge in [0.2, 0.25) is 10.0 Å². The Kier molecular flexibility index (Phi) is 6.30. The van der Waals surface area contributed by atoms with E-state index in [9.17, 15) is 18.5 Å². The van der Waals surface area contributed by atoms with Gasteiger partial charge in [-0.2, -0.15) is 4.31 Å². The minimum Gasteiger partial charge on any atom is -0.327 e. The van der Waals surface area contributed by atoms with Gasteiger partial charge in [0.05, 0.1) is 9.82 Å². The maximum Gasteiger partial charge on any atom is 0.270 e. The van der Waals surface area contributed by atoms with E-state index in [0.29, 0.717) is 24.9 Å². The van der Waals surface area contributed by atoms with Crippen molar-refractivity contribution >= 4 is 28.1 Å². The molecule has 1 fully saturated rings. The number of benzene rings is 1. The zero-order valence-electron chi connectivity index (χ0n) is 12.3. The summed E-state index contributed by atoms with van der Waals surface area (Å²) in [6, 6.07) is 3.81. The minimum absolute atomic E-state index is 0. The number of hydrogen-bond acceptors (Lipinski definition) is 5. The highest BCUT2D eigenvalue weighted by atomic mass is 35.5. The van der Waals surface area contributed by atoms with Crippen molar-refractivity contribution in [2.45, 2.75) is 37.1 Å². The fraction of sp³-hybridized carbons (Fsp3) is 0.538. The minimum atomic E-state index is -3.74. The molecule has 1 unspecified atom stereocenters. The van der Waals surface area contributed by atoms with Gasteiger partial charge < -0.3 is 5.73 Å². The Morgan fingerprint density at radius 1 is 1.45 bits per heavy atom. The number of aryl methyl sites for hydroxylation is 1. The topological polar surface area (TPSA) is 107 Å². The van der Waals surface area contributed by atoms with Crippen molar-refractivity contribution in [2.24, 2.45) is 5.73 Å². The van der Waals surface area contributed by atoms with E-state index >= 15 is 0 Å². The Morgan fingerprint density at radius 3 is 2.68 bits per heavy atom. The monoisotopic (exact) mass is 349 g/mol. The van der Waals surface area contributed by atoms with Crippen LogP contribution >= 0.6 is 12.4 Å². The fourth-order valence-corrected chi connectivity index (χ4v) is 4.37. The van der Waals surface area contributed by atoms with Crippen LogP contribution in [-0.4, -0.2) is 36.8 Å². The van der Waals surface area contributed by atoms with E-state index < -0.39 is 14.9 Å². The predicted octanol–water partition coefficient (Wildman–Crippen LogP) is 1.69. The van der Waals surface area contributed by atoms with E-state index in [1.54, 1.807) is 0 Å². The normalized spacial score (nSPS) is 19.5. The van der Waals surface area contributed by atoms with Crippen LogP contribution in [0.25, 0.3) is 0 Å². The quantitative estimate of drug-likeness (QED) is 0.657. The summed E-state index contributed by atoms with van der Waals surface area (Å²) in [5.41, 5.74) is 6.20. The average Bonchev–Trinajstić information content (AvgIpc) is 2.46. The number of hydrogen-bond donors (Lipinski definition) is 1. The van der Waals surface area contributed by atoms with Gasteiger partial charge in [-0.3, -0.25) is 10.1 Å². The molecule has 0 radical (unpaired) electrons. The molecule has 1 heterocycles. The van der Waals surface area contributed by atoms with Crippen molar-refractivity contribution in [3.05, 3.63) is 33.9 Å². The average molecular weight is 350 g/mol. The van der Waals surface area contributed by atoms with Crippen LogP contribution in [0.15, 0.2) is 23.1 Å². The predicted molar refractivity (Wildman–Crippen MR) is 85.7 cm³/mol. The van der Waals surface area contributed by atoms with Gasteiger partial charge in [0, 0.05) is 31.3 Å². The highest BCUT2D eigenvalue weighted by Gasteiger charge is 2.31. The molecule has 2 rings (SSSR count). The number of non-ortho nitro benzene ring substituents is 1. The van der Waals surface area contributed by atoms with Crippen molar-refractivity contribution in [3.8, 4) is 0 Å². The first-order valence-electron chi connectivity index (χ1n) is 6.89. The van der Waals surface area contributed by atoms with E-state index in [0.717, 1.165) is 12.5 Å². The molecule has 2 N–H and O–H groups in total. The Balaban J connectivity index is 0.00000242. The second-order valence-corrected chi connectivity index (χ2v) is 7.07. The molecule has 1 aromatic carbocycles. The molecular formula is C13H20ClN3O4S. The van der Waals surface area contributed by atoms with Gasteiger partial charge in [0.25, 0.3) is 5.69 Å². The van der Waals surface area contributed by atoms with Gasteiger partial charge in [-0.25, -0.2) is 8.42 Å². The van der Waals surface area contributed by atoms with Gasteiger partial charge in [-0.15, -0.1) is 12.4 Å². The number of nitro groups is 1. The zero-order valence-corrected chi connectivity index (χ0v) is 13.9. The fourth-order valence-electron chi connectivity index (χ4n) is 2.52. The molecule has 1 aromatic rings. The van der Waals surface area contributed by atoms with Crippen LogP contribution in [0.5, 0.6) is 0 Å². The molecule has 22 heavy (non-hydrogen) atoms. The van der Waals surface area contributed by atoms with E-state index in [-0.39, 0.29) is 35.6 Å². The molecule has 1 aliphatic heterocycles. The van der Waals surface area contributed by atoms with Crippen LogP contribution in [0.1, 0.15) is 25.3 Å². The summed E-state index contributed by atoms with van der Waals surface area (Å²) in [5, 5.41) is 10.9. The largest absolute Gasteiger partial charge is 0.327 e. The molecule has 9 heteroatoms. The Morgan fingerprint density at radius 2 is 2.14 bits per heavy atom. The summed E-state index contributed by atoms with van der Waals surface area (Å²) < 4.78 is 26.8. The second-order valence-electron chi connectivity index (χ2n) is 5.17. The Bertz CT molecular complexity index is 651. The third-order valence-electron chi connectivity index (χ3n) is 3.68. The van der Waals surface area contributed by atoms with Gasteiger partial charge in [-0.1, -0.05) is 13.0 Å². The molecule has 0 spiro atoms. The summed E-state index contributed by atoms with van der Waals surface area (Å²) in [5.74, 6) is 0. The number of rotatable bonds is 4. The van der Waals surface area contributed by atoms with Crippen LogP contribution in [0.3, 0.4) is 0 Å². The van der Waals surface area contributed by atoms with E-state index in [1.807, 2.05) is 6.92 Å². The molecule has 7 nitrogen and oxygen atoms in total. The van der Waals surface area contributed by atoms with Crippen LogP contribution in [0, 0.1) is 10.1 Å². The van der Waals surface area contributed by atoms with E-state index in [2.05, 4.69) is 0 Å². The van der Waals surface area contributed by atoms with Crippen molar-refractivity contribution in [3.63, 3.8) is 0 Å². The molecule has 1 atom stereocenters. The number of piperidine rings is 1. The van der Waals surface area contributed by atoms with Crippen LogP contribution in [0.4, 0.5) is 5.69 Å². The van der Waals surface area contributed by atoms with Crippen molar-refractivity contribution in [1.29, 1.82) is 0 Å². The summed E-state index contributed by atoms with van der Waals surface area (Å²) in [6.45, 7) is 2.48. The highest BCUT2D eigenvalue weighted by molar-refractivity contribution is 7.89. The summed E-state index contributed by atoms with van der Waals surface area (Å²) >= 11 is 0. The standard InChI is InChI=1S/C13H19N3O4S.ClH/c1-2-10-5-6-12(16(17)18)8-13(10)21(19,20)15-7-3-4-11(14)9-15;/h5-6,8,11H,2-4,7,9,14H2,1H3;1H. The van der Waals surface area contributed by atoms with E-state index in [4.69, 9.17) is 5.73 Å². The molecular weight excluding hydrogens is 330 g/mol. The third kappa shape index (κ3) is 3.75. The van der Waals surface area contributed by atoms with Gasteiger partial charge >= 0.3 is 0 Å². The SMILES string of the molecule is CCc1ccc([N+](=O)[O-])cc1S(=O)(=O)N1CCCC(N)C1.Cl. The molecule has 0 bridgehead atoms. The molecule has 0 saturated carbocycles. The lowest BCUT2D eigenvalue weighted by atomic mass is 10.1. The van der Waals surface area contributed by atoms with Crippen molar-refractivity contribution in [2.75, 3.05) is 13.1 Å². The number of nitrogens with zero attached hydrogens (tertiary/aromatic N) is 2. The van der Waals surface area contributed by atoms with Crippen LogP contribution in [0.2, 0.25) is 0 Å². The van der Waals surface area contributed by atoms with Gasteiger partial charge in [0.15, 0.2) is 0 Å². The molecule has 1 saturated heterocycles. The maximum atomic E-state index is 12.7. The molecule has 1 aliphatic rings. The molecule has 0 aromatic heterocycles. The second kappa shape index (κ2) is 7.36. The molecule has 0 aliphatic carbocycles. The smallest absolute Gasteiger partial charge is 0.270 e. The lowest BCUT2D eigenvalue weighted by molar-refractivity contribution is -0.385. The molecule has 0 amide bonds. The van der Waals surface area contributed by atoms with Crippen molar-refractivity contribution < 1.29 is 13.3 Å². The first-order valence-corrected chi connectivity index (χ1v) is 8.33. The van der Waals surface area contributed by atoms with Crippen molar-refractivity contribution in [1.82, 2.24) is 4.31 Å². The third-order valence-corrected chi connectivity index (χ3v) is 5.63. The Labute approximate surface area is 136 Å². The summed E-state index contributed by atoms with van der Waals surface area (Å²) in [4.78, 5) is 10.3. The van der Waals surface area contributed by atoms with Crippen LogP contribution < -0.4 is 5.73 Å². The highest BCUT2D eigenvalue weighted by Crippen LogP contribution is 2.27. The number of sulfonamides is 1. The van der Waals surface area contributed by atoms with E-state index in [1.165, 1.54) is 16.4 Å². The van der Waals surface area contributed by atoms with Crippen LogP contribution in [-0.2, 0) is 16.4 Å². The lowest BCUT2D eigenvalue weighted by Crippen LogP contribution is -2.45. The first-order chi connectivity index (χ1) is 9.86. The van der Waals surface area contributed by atoms with Gasteiger partial charge in [0.1, 0.15) is 0 Å². The lowest BCUT2D eigenvalue weighted by Gasteiger charge is -2.30. The number of nitrogens with two attached hydrogens (primary N) is 1. The maximum absolute atomic E-state index is 12.7. The summed E-state index contributed by atoms with van der Waals surface area (Å²) in [6.07, 6.45) is 1.99. The molecule has 124 valence electrons. The summed E-state index contributed by atoms with van der Waals surface area (Å²) in [7, 11) is -3.74. The first kappa shape index (κ1) is 18.8.